The molecule has 0 unspecified atom stereocenters. The molecule has 0 saturated heterocycles. The zero-order chi connectivity index (χ0) is 14.5. The minimum atomic E-state index is -0.812. The molecule has 2 N–H and O–H groups in total. The second kappa shape index (κ2) is 5.93. The van der Waals surface area contributed by atoms with Crippen molar-refractivity contribution in [3.63, 3.8) is 0 Å². The second-order valence-electron chi connectivity index (χ2n) is 3.64. The number of carbonyl (C=O) groups is 1. The van der Waals surface area contributed by atoms with Gasteiger partial charge in [0.15, 0.2) is 5.84 Å². The van der Waals surface area contributed by atoms with Crippen LogP contribution in [-0.2, 0) is 4.84 Å². The van der Waals surface area contributed by atoms with Gasteiger partial charge in [0.05, 0.1) is 15.4 Å². The molecule has 0 aliphatic carbocycles. The van der Waals surface area contributed by atoms with Crippen molar-refractivity contribution in [3.05, 3.63) is 62.3 Å². The lowest BCUT2D eigenvalue weighted by Gasteiger charge is -1.99. The summed E-state index contributed by atoms with van der Waals surface area (Å²) in [4.78, 5) is 27.0. The highest BCUT2D eigenvalue weighted by molar-refractivity contribution is 7.12. The molecule has 0 aliphatic heterocycles. The Balaban J connectivity index is 2.11. The van der Waals surface area contributed by atoms with Crippen molar-refractivity contribution in [2.75, 3.05) is 0 Å². The van der Waals surface area contributed by atoms with Gasteiger partial charge in [-0.25, -0.2) is 4.79 Å². The molecule has 102 valence electrons. The molecule has 0 atom stereocenters. The highest BCUT2D eigenvalue weighted by atomic mass is 32.1. The number of amidine groups is 1. The molecular weight excluding hydrogens is 282 g/mol. The Morgan fingerprint density at radius 2 is 2.15 bits per heavy atom. The highest BCUT2D eigenvalue weighted by Crippen LogP contribution is 2.14. The van der Waals surface area contributed by atoms with E-state index in [4.69, 9.17) is 5.73 Å². The van der Waals surface area contributed by atoms with Crippen molar-refractivity contribution in [2.24, 2.45) is 10.9 Å². The van der Waals surface area contributed by atoms with E-state index < -0.39 is 10.9 Å². The van der Waals surface area contributed by atoms with Crippen LogP contribution in [0.5, 0.6) is 0 Å². The van der Waals surface area contributed by atoms with Gasteiger partial charge in [0.2, 0.25) is 0 Å². The molecule has 0 saturated carbocycles. The predicted octanol–water partition coefficient (Wildman–Crippen LogP) is 2.13. The number of nitro benzene ring substituents is 1. The number of nitro groups is 1. The first kappa shape index (κ1) is 13.7. The average Bonchev–Trinajstić information content (AvgIpc) is 2.98. The van der Waals surface area contributed by atoms with Gasteiger partial charge in [-0.2, -0.15) is 0 Å². The van der Waals surface area contributed by atoms with E-state index in [0.29, 0.717) is 4.88 Å². The molecule has 0 bridgehead atoms. The maximum atomic E-state index is 11.7. The normalized spacial score (nSPS) is 11.1. The molecule has 0 fully saturated rings. The Morgan fingerprint density at radius 1 is 1.35 bits per heavy atom. The lowest BCUT2D eigenvalue weighted by Crippen LogP contribution is -2.13. The quantitative estimate of drug-likeness (QED) is 0.305. The van der Waals surface area contributed by atoms with E-state index in [-0.39, 0.29) is 17.1 Å². The maximum Gasteiger partial charge on any atom is 0.366 e. The first-order valence-electron chi connectivity index (χ1n) is 5.41. The summed E-state index contributed by atoms with van der Waals surface area (Å²) >= 11 is 1.35. The predicted molar refractivity (Wildman–Crippen MR) is 73.6 cm³/mol. The Bertz CT molecular complexity index is 667. The van der Waals surface area contributed by atoms with Crippen LogP contribution in [0.2, 0.25) is 0 Å². The fourth-order valence-electron chi connectivity index (χ4n) is 1.36. The van der Waals surface area contributed by atoms with E-state index in [1.807, 2.05) is 0 Å². The van der Waals surface area contributed by atoms with Crippen LogP contribution < -0.4 is 5.73 Å². The van der Waals surface area contributed by atoms with Crippen LogP contribution in [0.15, 0.2) is 46.9 Å². The zero-order valence-electron chi connectivity index (χ0n) is 10.1. The Morgan fingerprint density at radius 3 is 2.80 bits per heavy atom. The van der Waals surface area contributed by atoms with Crippen LogP contribution in [0.3, 0.4) is 0 Å². The lowest BCUT2D eigenvalue weighted by molar-refractivity contribution is -0.384. The van der Waals surface area contributed by atoms with Crippen LogP contribution in [-0.4, -0.2) is 16.7 Å². The largest absolute Gasteiger partial charge is 0.380 e. The van der Waals surface area contributed by atoms with Crippen molar-refractivity contribution in [1.82, 2.24) is 0 Å². The number of thiophene rings is 1. The molecule has 1 aromatic carbocycles. The fourth-order valence-corrected chi connectivity index (χ4v) is 1.98. The van der Waals surface area contributed by atoms with Gasteiger partial charge in [-0.3, -0.25) is 10.1 Å². The number of hydrogen-bond acceptors (Lipinski definition) is 6. The maximum absolute atomic E-state index is 11.7. The number of hydrogen-bond donors (Lipinski definition) is 1. The molecule has 1 heterocycles. The first-order valence-corrected chi connectivity index (χ1v) is 6.29. The van der Waals surface area contributed by atoms with Crippen molar-refractivity contribution < 1.29 is 14.6 Å². The average molecular weight is 291 g/mol. The minimum absolute atomic E-state index is 0.0296. The number of nitrogens with two attached hydrogens (primary N) is 1. The van der Waals surface area contributed by atoms with Crippen molar-refractivity contribution in [1.29, 1.82) is 0 Å². The molecule has 2 rings (SSSR count). The first-order chi connectivity index (χ1) is 9.58. The van der Waals surface area contributed by atoms with E-state index in [1.54, 1.807) is 17.5 Å². The summed E-state index contributed by atoms with van der Waals surface area (Å²) in [6, 6.07) is 8.68. The third-order valence-electron chi connectivity index (χ3n) is 2.29. The molecule has 8 heteroatoms. The third-order valence-corrected chi connectivity index (χ3v) is 3.19. The Labute approximate surface area is 117 Å². The molecule has 0 aliphatic rings. The number of non-ortho nitro benzene ring substituents is 1. The van der Waals surface area contributed by atoms with Gasteiger partial charge in [0, 0.05) is 12.1 Å². The topological polar surface area (TPSA) is 108 Å². The van der Waals surface area contributed by atoms with Crippen molar-refractivity contribution in [3.8, 4) is 0 Å². The Hall–Kier alpha value is -2.74. The molecule has 0 amide bonds. The monoisotopic (exact) mass is 291 g/mol. The van der Waals surface area contributed by atoms with E-state index in [9.17, 15) is 14.9 Å². The third kappa shape index (κ3) is 3.18. The summed E-state index contributed by atoms with van der Waals surface area (Å²) in [5, 5.41) is 15.9. The molecule has 0 radical (unpaired) electrons. The summed E-state index contributed by atoms with van der Waals surface area (Å²) in [6.45, 7) is 0. The molecule has 2 aromatic rings. The summed E-state index contributed by atoms with van der Waals surface area (Å²) in [6.07, 6.45) is 0. The van der Waals surface area contributed by atoms with Crippen LogP contribution in [0, 0.1) is 10.1 Å². The van der Waals surface area contributed by atoms with Gasteiger partial charge in [-0.1, -0.05) is 17.3 Å². The van der Waals surface area contributed by atoms with Gasteiger partial charge in [-0.15, -0.1) is 11.3 Å². The Kier molecular flexibility index (Phi) is 4.06. The number of rotatable bonds is 4. The smallest absolute Gasteiger partial charge is 0.366 e. The lowest BCUT2D eigenvalue weighted by atomic mass is 10.2. The molecular formula is C12H9N3O4S. The van der Waals surface area contributed by atoms with Crippen LogP contribution in [0.4, 0.5) is 5.69 Å². The number of nitrogens with zero attached hydrogens (tertiary/aromatic N) is 2. The van der Waals surface area contributed by atoms with E-state index in [1.165, 1.54) is 29.5 Å². The van der Waals surface area contributed by atoms with Crippen molar-refractivity contribution in [2.45, 2.75) is 0 Å². The van der Waals surface area contributed by atoms with Gasteiger partial charge in [0.25, 0.3) is 5.69 Å². The van der Waals surface area contributed by atoms with E-state index in [0.717, 1.165) is 6.07 Å². The van der Waals surface area contributed by atoms with Gasteiger partial charge in [-0.05, 0) is 17.5 Å². The van der Waals surface area contributed by atoms with Crippen LogP contribution in [0.25, 0.3) is 0 Å². The molecule has 20 heavy (non-hydrogen) atoms. The summed E-state index contributed by atoms with van der Waals surface area (Å²) in [5.41, 5.74) is 5.45. The number of carbonyl (C=O) groups excluding carboxylic acids is 1. The minimum Gasteiger partial charge on any atom is -0.380 e. The van der Waals surface area contributed by atoms with Crippen LogP contribution >= 0.6 is 11.3 Å². The van der Waals surface area contributed by atoms with E-state index in [2.05, 4.69) is 9.99 Å². The standard InChI is InChI=1S/C12H9N3O4S/c13-11(10-5-2-6-20-10)14-19-12(16)8-3-1-4-9(7-8)15(17)18/h1-7H,(H2,13,14). The summed E-state index contributed by atoms with van der Waals surface area (Å²) in [5.74, 6) is -0.744. The van der Waals surface area contributed by atoms with Gasteiger partial charge >= 0.3 is 5.97 Å². The summed E-state index contributed by atoms with van der Waals surface area (Å²) < 4.78 is 0. The van der Waals surface area contributed by atoms with E-state index >= 15 is 0 Å². The number of benzene rings is 1. The second-order valence-corrected chi connectivity index (χ2v) is 4.59. The highest BCUT2D eigenvalue weighted by Gasteiger charge is 2.13. The number of oxime groups is 1. The van der Waals surface area contributed by atoms with Gasteiger partial charge < -0.3 is 10.6 Å². The molecule has 1 aromatic heterocycles. The van der Waals surface area contributed by atoms with Gasteiger partial charge in [0.1, 0.15) is 0 Å². The van der Waals surface area contributed by atoms with Crippen LogP contribution in [0.1, 0.15) is 15.2 Å². The van der Waals surface area contributed by atoms with Crippen molar-refractivity contribution >= 4 is 28.8 Å². The molecule has 0 spiro atoms. The fraction of sp³-hybridized carbons (Fsp3) is 0. The SMILES string of the molecule is N/C(=N\OC(=O)c1cccc([N+](=O)[O-])c1)c1cccs1. The molecule has 7 nitrogen and oxygen atoms in total. The zero-order valence-corrected chi connectivity index (χ0v) is 10.9. The summed E-state index contributed by atoms with van der Waals surface area (Å²) in [7, 11) is 0.